The van der Waals surface area contributed by atoms with Crippen LogP contribution >= 0.6 is 11.6 Å². The van der Waals surface area contributed by atoms with Gasteiger partial charge in [-0.25, -0.2) is 4.79 Å². The number of rotatable bonds is 0. The summed E-state index contributed by atoms with van der Waals surface area (Å²) in [6.45, 7) is 0. The van der Waals surface area contributed by atoms with E-state index in [0.717, 1.165) is 0 Å². The van der Waals surface area contributed by atoms with Crippen LogP contribution in [0.2, 0.25) is 5.02 Å². The van der Waals surface area contributed by atoms with E-state index >= 15 is 0 Å². The van der Waals surface area contributed by atoms with Crippen molar-refractivity contribution in [1.82, 2.24) is 0 Å². The van der Waals surface area contributed by atoms with Crippen molar-refractivity contribution in [3.8, 4) is 5.75 Å². The van der Waals surface area contributed by atoms with Crippen LogP contribution in [0.25, 0.3) is 0 Å². The second-order valence-corrected chi connectivity index (χ2v) is 2.80. The molecule has 12 heavy (non-hydrogen) atoms. The third-order valence-corrected chi connectivity index (χ3v) is 1.81. The van der Waals surface area contributed by atoms with Crippen LogP contribution in [0.3, 0.4) is 0 Å². The Bertz CT molecular complexity index is 384. The maximum absolute atomic E-state index is 11.0. The molecule has 0 amide bonds. The summed E-state index contributed by atoms with van der Waals surface area (Å²) < 4.78 is 4.63. The van der Waals surface area contributed by atoms with Crippen molar-refractivity contribution in [2.45, 2.75) is 0 Å². The van der Waals surface area contributed by atoms with Gasteiger partial charge in [-0.2, -0.15) is 0 Å². The molecule has 60 valence electrons. The van der Waals surface area contributed by atoms with Crippen LogP contribution in [0, 0.1) is 0 Å². The molecule has 1 heterocycles. The van der Waals surface area contributed by atoms with Gasteiger partial charge in [0, 0.05) is 5.02 Å². The largest absolute Gasteiger partial charge is 0.420 e. The van der Waals surface area contributed by atoms with Crippen molar-refractivity contribution in [2.24, 2.45) is 0 Å². The molecule has 0 saturated heterocycles. The summed E-state index contributed by atoms with van der Waals surface area (Å²) in [4.78, 5) is 21.7. The zero-order valence-electron chi connectivity index (χ0n) is 5.83. The molecule has 0 aliphatic carbocycles. The number of carbonyl (C=O) groups excluding carboxylic acids is 2. The van der Waals surface area contributed by atoms with Crippen LogP contribution < -0.4 is 4.74 Å². The summed E-state index contributed by atoms with van der Waals surface area (Å²) in [6, 6.07) is 4.48. The van der Waals surface area contributed by atoms with Gasteiger partial charge in [0.1, 0.15) is 5.75 Å². The predicted molar refractivity (Wildman–Crippen MR) is 41.4 cm³/mol. The molecule has 0 aromatic heterocycles. The van der Waals surface area contributed by atoms with Crippen molar-refractivity contribution in [3.63, 3.8) is 0 Å². The van der Waals surface area contributed by atoms with E-state index in [1.54, 1.807) is 6.07 Å². The summed E-state index contributed by atoms with van der Waals surface area (Å²) in [5.41, 5.74) is 0.243. The fraction of sp³-hybridized carbons (Fsp3) is 0. The maximum Gasteiger partial charge on any atom is 0.385 e. The van der Waals surface area contributed by atoms with E-state index in [9.17, 15) is 9.59 Å². The monoisotopic (exact) mass is 182 g/mol. The van der Waals surface area contributed by atoms with E-state index < -0.39 is 11.8 Å². The van der Waals surface area contributed by atoms with Crippen molar-refractivity contribution in [2.75, 3.05) is 0 Å². The topological polar surface area (TPSA) is 43.4 Å². The molecule has 0 atom stereocenters. The molecule has 4 heteroatoms. The molecule has 1 aromatic rings. The SMILES string of the molecule is O=C1Oc2ccc(Cl)cc2C1=O. The second kappa shape index (κ2) is 2.32. The Morgan fingerprint density at radius 3 is 2.75 bits per heavy atom. The van der Waals surface area contributed by atoms with E-state index in [1.807, 2.05) is 0 Å². The smallest absolute Gasteiger partial charge is 0.385 e. The Labute approximate surface area is 72.9 Å². The molecule has 1 aliphatic rings. The molecule has 0 unspecified atom stereocenters. The molecule has 2 rings (SSSR count). The zero-order valence-corrected chi connectivity index (χ0v) is 6.59. The number of ketones is 1. The first-order chi connectivity index (χ1) is 5.68. The molecule has 3 nitrogen and oxygen atoms in total. The molecular formula is C8H3ClO3. The minimum absolute atomic E-state index is 0.243. The van der Waals surface area contributed by atoms with Crippen LogP contribution in [0.4, 0.5) is 0 Å². The number of carbonyl (C=O) groups is 2. The van der Waals surface area contributed by atoms with Crippen molar-refractivity contribution < 1.29 is 14.3 Å². The molecule has 0 saturated carbocycles. The Hall–Kier alpha value is -1.35. The van der Waals surface area contributed by atoms with Crippen molar-refractivity contribution >= 4 is 23.4 Å². The lowest BCUT2D eigenvalue weighted by atomic mass is 10.1. The number of hydrogen-bond acceptors (Lipinski definition) is 3. The van der Waals surface area contributed by atoms with Crippen molar-refractivity contribution in [3.05, 3.63) is 28.8 Å². The standard InChI is InChI=1S/C8H3ClO3/c9-4-1-2-6-5(3-4)7(10)8(11)12-6/h1-3H. The summed E-state index contributed by atoms with van der Waals surface area (Å²) in [7, 11) is 0. The van der Waals surface area contributed by atoms with Gasteiger partial charge in [-0.05, 0) is 18.2 Å². The molecular weight excluding hydrogens is 180 g/mol. The van der Waals surface area contributed by atoms with Gasteiger partial charge in [0.25, 0.3) is 5.78 Å². The van der Waals surface area contributed by atoms with Crippen LogP contribution in [-0.4, -0.2) is 11.8 Å². The first-order valence-corrected chi connectivity index (χ1v) is 3.62. The number of hydrogen-bond donors (Lipinski definition) is 0. The van der Waals surface area contributed by atoms with Gasteiger partial charge >= 0.3 is 5.97 Å². The normalized spacial score (nSPS) is 14.4. The predicted octanol–water partition coefficient (Wildman–Crippen LogP) is 1.44. The summed E-state index contributed by atoms with van der Waals surface area (Å²) in [6.07, 6.45) is 0. The Morgan fingerprint density at radius 1 is 1.25 bits per heavy atom. The van der Waals surface area contributed by atoms with E-state index in [2.05, 4.69) is 4.74 Å². The van der Waals surface area contributed by atoms with Gasteiger partial charge in [0.15, 0.2) is 0 Å². The third-order valence-electron chi connectivity index (χ3n) is 1.57. The highest BCUT2D eigenvalue weighted by molar-refractivity contribution is 6.45. The first-order valence-electron chi connectivity index (χ1n) is 3.24. The average molecular weight is 183 g/mol. The van der Waals surface area contributed by atoms with E-state index in [0.29, 0.717) is 5.02 Å². The minimum Gasteiger partial charge on any atom is -0.420 e. The van der Waals surface area contributed by atoms with Gasteiger partial charge in [0.05, 0.1) is 5.56 Å². The fourth-order valence-electron chi connectivity index (χ4n) is 1.02. The lowest BCUT2D eigenvalue weighted by Gasteiger charge is -1.93. The molecule has 0 bridgehead atoms. The summed E-state index contributed by atoms with van der Waals surface area (Å²) in [5.74, 6) is -1.19. The Balaban J connectivity index is 2.63. The highest BCUT2D eigenvalue weighted by Gasteiger charge is 2.30. The third kappa shape index (κ3) is 0.905. The molecule has 1 aromatic carbocycles. The zero-order chi connectivity index (χ0) is 8.72. The van der Waals surface area contributed by atoms with Gasteiger partial charge in [-0.3, -0.25) is 4.79 Å². The van der Waals surface area contributed by atoms with Gasteiger partial charge in [0.2, 0.25) is 0 Å². The van der Waals surface area contributed by atoms with Gasteiger partial charge < -0.3 is 4.74 Å². The number of halogens is 1. The molecule has 0 N–H and O–H groups in total. The number of ether oxygens (including phenoxy) is 1. The van der Waals surface area contributed by atoms with Crippen molar-refractivity contribution in [1.29, 1.82) is 0 Å². The second-order valence-electron chi connectivity index (χ2n) is 2.36. The molecule has 0 radical (unpaired) electrons. The quantitative estimate of drug-likeness (QED) is 0.347. The highest BCUT2D eigenvalue weighted by atomic mass is 35.5. The summed E-state index contributed by atoms with van der Waals surface area (Å²) >= 11 is 5.62. The Kier molecular flexibility index (Phi) is 1.41. The van der Waals surface area contributed by atoms with Crippen LogP contribution in [0.1, 0.15) is 10.4 Å². The van der Waals surface area contributed by atoms with Crippen LogP contribution in [-0.2, 0) is 4.79 Å². The van der Waals surface area contributed by atoms with Crippen LogP contribution in [0.5, 0.6) is 5.75 Å². The van der Waals surface area contributed by atoms with Gasteiger partial charge in [-0.1, -0.05) is 11.6 Å². The van der Waals surface area contributed by atoms with Crippen LogP contribution in [0.15, 0.2) is 18.2 Å². The number of fused-ring (bicyclic) bond motifs is 1. The van der Waals surface area contributed by atoms with E-state index in [4.69, 9.17) is 11.6 Å². The lowest BCUT2D eigenvalue weighted by Crippen LogP contribution is -2.10. The average Bonchev–Trinajstić information content (AvgIpc) is 2.31. The number of Topliss-reactive ketones (excluding diaryl/α,β-unsaturated/α-hetero) is 1. The fourth-order valence-corrected chi connectivity index (χ4v) is 1.20. The summed E-state index contributed by atoms with van der Waals surface area (Å²) in [5, 5.41) is 0.417. The number of benzene rings is 1. The lowest BCUT2D eigenvalue weighted by molar-refractivity contribution is -0.128. The molecule has 1 aliphatic heterocycles. The highest BCUT2D eigenvalue weighted by Crippen LogP contribution is 2.28. The molecule has 0 spiro atoms. The minimum atomic E-state index is -0.840. The first kappa shape index (κ1) is 7.31. The van der Waals surface area contributed by atoms with Gasteiger partial charge in [-0.15, -0.1) is 0 Å². The maximum atomic E-state index is 11.0. The number of esters is 1. The Morgan fingerprint density at radius 2 is 2.00 bits per heavy atom. The molecule has 0 fully saturated rings. The van der Waals surface area contributed by atoms with E-state index in [-0.39, 0.29) is 11.3 Å². The van der Waals surface area contributed by atoms with E-state index in [1.165, 1.54) is 12.1 Å².